The third kappa shape index (κ3) is 4.08. The van der Waals surface area contributed by atoms with Crippen LogP contribution in [-0.4, -0.2) is 32.8 Å². The van der Waals surface area contributed by atoms with Gasteiger partial charge in [0.25, 0.3) is 5.88 Å². The minimum Gasteiger partial charge on any atom is -0.598 e. The van der Waals surface area contributed by atoms with Gasteiger partial charge >= 0.3 is 8.25 Å². The van der Waals surface area contributed by atoms with Crippen LogP contribution in [0.1, 0.15) is 38.8 Å². The number of anilines is 1. The number of pyridine rings is 1. The molecule has 2 rings (SSSR count). The molecule has 2 heterocycles. The third-order valence-corrected chi connectivity index (χ3v) is 5.30. The Morgan fingerprint density at radius 3 is 2.82 bits per heavy atom. The second-order valence-corrected chi connectivity index (χ2v) is 8.81. The number of nitrogens with zero attached hydrogens (tertiary/aromatic N) is 2. The second kappa shape index (κ2) is 6.68. The van der Waals surface area contributed by atoms with Crippen molar-refractivity contribution in [1.29, 1.82) is 0 Å². The Morgan fingerprint density at radius 2 is 2.23 bits per heavy atom. The molecule has 0 saturated carbocycles. The lowest BCUT2D eigenvalue weighted by Gasteiger charge is -2.34. The first-order valence-electron chi connectivity index (χ1n) is 6.92. The van der Waals surface area contributed by atoms with Crippen LogP contribution >= 0.6 is 8.25 Å². The molecule has 0 amide bonds. The first kappa shape index (κ1) is 17.4. The standard InChI is InChI=1S/C13H20N3O4PS/c1-13(2,3)22(19)15-10-7-8-16(4)12-9(10)5-6-11(14-12)20-21(17)18/h5-6,10,15H,7-8H2,1-4H3/p+1. The van der Waals surface area contributed by atoms with Crippen molar-refractivity contribution in [2.45, 2.75) is 38.0 Å². The molecule has 0 aliphatic carbocycles. The maximum absolute atomic E-state index is 12.3. The molecular formula is C13H21N3O4PS+. The smallest absolute Gasteiger partial charge is 0.598 e. The maximum Gasteiger partial charge on any atom is 0.749 e. The topological polar surface area (TPSA) is 97.8 Å². The van der Waals surface area contributed by atoms with Gasteiger partial charge in [-0.3, -0.25) is 0 Å². The summed E-state index contributed by atoms with van der Waals surface area (Å²) in [6.45, 7) is 6.49. The fourth-order valence-electron chi connectivity index (χ4n) is 2.16. The molecule has 3 atom stereocenters. The Labute approximate surface area is 134 Å². The van der Waals surface area contributed by atoms with Gasteiger partial charge in [-0.2, -0.15) is 4.98 Å². The van der Waals surface area contributed by atoms with Crippen molar-refractivity contribution in [3.05, 3.63) is 17.7 Å². The number of rotatable bonds is 4. The summed E-state index contributed by atoms with van der Waals surface area (Å²) in [6.07, 6.45) is 0.807. The van der Waals surface area contributed by atoms with Crippen molar-refractivity contribution in [3.63, 3.8) is 0 Å². The molecule has 0 spiro atoms. The zero-order chi connectivity index (χ0) is 16.5. The monoisotopic (exact) mass is 346 g/mol. The number of fused-ring (bicyclic) bond motifs is 1. The van der Waals surface area contributed by atoms with Gasteiger partial charge in [-0.15, -0.1) is 9.62 Å². The SMILES string of the molecule is CN1CCC(N[S+]([O-])C(C)(C)C)c2ccc(O[P+](=O)O)nc21. The van der Waals surface area contributed by atoms with Gasteiger partial charge in [0.15, 0.2) is 0 Å². The molecule has 122 valence electrons. The van der Waals surface area contributed by atoms with Gasteiger partial charge < -0.3 is 9.45 Å². The minimum atomic E-state index is -2.74. The van der Waals surface area contributed by atoms with E-state index < -0.39 is 19.6 Å². The number of hydrogen-bond donors (Lipinski definition) is 2. The van der Waals surface area contributed by atoms with Crippen LogP contribution in [0, 0.1) is 0 Å². The van der Waals surface area contributed by atoms with Crippen LogP contribution < -0.4 is 14.1 Å². The van der Waals surface area contributed by atoms with Crippen molar-refractivity contribution in [2.75, 3.05) is 18.5 Å². The highest BCUT2D eigenvalue weighted by Crippen LogP contribution is 2.35. The molecule has 1 aromatic rings. The van der Waals surface area contributed by atoms with Crippen LogP contribution in [0.2, 0.25) is 0 Å². The van der Waals surface area contributed by atoms with Crippen LogP contribution in [-0.2, 0) is 15.9 Å². The Bertz CT molecular complexity index is 567. The summed E-state index contributed by atoms with van der Waals surface area (Å²) >= 11 is -1.18. The summed E-state index contributed by atoms with van der Waals surface area (Å²) in [4.78, 5) is 15.0. The van der Waals surface area contributed by atoms with Crippen LogP contribution in [0.15, 0.2) is 12.1 Å². The summed E-state index contributed by atoms with van der Waals surface area (Å²) in [6, 6.07) is 3.27. The summed E-state index contributed by atoms with van der Waals surface area (Å²) < 4.78 is 30.6. The van der Waals surface area contributed by atoms with Gasteiger partial charge in [0.1, 0.15) is 10.6 Å². The summed E-state index contributed by atoms with van der Waals surface area (Å²) in [5.41, 5.74) is 0.909. The van der Waals surface area contributed by atoms with Gasteiger partial charge in [0, 0.05) is 41.1 Å². The van der Waals surface area contributed by atoms with Crippen molar-refractivity contribution in [3.8, 4) is 5.88 Å². The average molecular weight is 346 g/mol. The van der Waals surface area contributed by atoms with E-state index in [2.05, 4.69) is 9.71 Å². The highest BCUT2D eigenvalue weighted by atomic mass is 32.2. The van der Waals surface area contributed by atoms with Crippen molar-refractivity contribution < 1.29 is 18.5 Å². The van der Waals surface area contributed by atoms with E-state index in [-0.39, 0.29) is 16.7 Å². The molecule has 0 aromatic carbocycles. The van der Waals surface area contributed by atoms with Crippen LogP contribution in [0.5, 0.6) is 5.88 Å². The molecular weight excluding hydrogens is 325 g/mol. The maximum atomic E-state index is 12.3. The van der Waals surface area contributed by atoms with E-state index in [9.17, 15) is 9.12 Å². The van der Waals surface area contributed by atoms with E-state index in [0.717, 1.165) is 18.5 Å². The number of hydrogen-bond acceptors (Lipinski definition) is 6. The number of aromatic nitrogens is 1. The summed E-state index contributed by atoms with van der Waals surface area (Å²) in [5, 5.41) is 0. The highest BCUT2D eigenvalue weighted by Gasteiger charge is 2.34. The molecule has 0 fully saturated rings. The molecule has 7 nitrogen and oxygen atoms in total. The Kier molecular flexibility index (Phi) is 5.29. The highest BCUT2D eigenvalue weighted by molar-refractivity contribution is 7.90. The number of nitrogens with one attached hydrogen (secondary N) is 1. The predicted molar refractivity (Wildman–Crippen MR) is 86.3 cm³/mol. The fraction of sp³-hybridized carbons (Fsp3) is 0.615. The molecule has 9 heteroatoms. The van der Waals surface area contributed by atoms with Crippen LogP contribution in [0.4, 0.5) is 5.82 Å². The lowest BCUT2D eigenvalue weighted by Crippen LogP contribution is -2.44. The molecule has 1 aliphatic rings. The van der Waals surface area contributed by atoms with Gasteiger partial charge in [-0.05, 0) is 33.3 Å². The Morgan fingerprint density at radius 1 is 1.55 bits per heavy atom. The molecule has 2 N–H and O–H groups in total. The average Bonchev–Trinajstić information content (AvgIpc) is 2.40. The van der Waals surface area contributed by atoms with Crippen LogP contribution in [0.25, 0.3) is 0 Å². The van der Waals surface area contributed by atoms with Gasteiger partial charge in [0.2, 0.25) is 0 Å². The fourth-order valence-corrected chi connectivity index (χ4v) is 3.28. The van der Waals surface area contributed by atoms with Crippen molar-refractivity contribution in [2.24, 2.45) is 0 Å². The van der Waals surface area contributed by atoms with E-state index in [1.807, 2.05) is 32.7 Å². The zero-order valence-corrected chi connectivity index (χ0v) is 14.8. The normalized spacial score (nSPS) is 20.4. The summed E-state index contributed by atoms with van der Waals surface area (Å²) in [5.74, 6) is 0.774. The van der Waals surface area contributed by atoms with Gasteiger partial charge in [-0.25, -0.2) is 4.52 Å². The molecule has 3 unspecified atom stereocenters. The lowest BCUT2D eigenvalue weighted by atomic mass is 10.0. The quantitative estimate of drug-likeness (QED) is 0.636. The van der Waals surface area contributed by atoms with Crippen molar-refractivity contribution in [1.82, 2.24) is 9.71 Å². The molecule has 1 aromatic heterocycles. The van der Waals surface area contributed by atoms with E-state index in [0.29, 0.717) is 5.82 Å². The second-order valence-electron chi connectivity index (χ2n) is 6.15. The predicted octanol–water partition coefficient (Wildman–Crippen LogP) is 2.04. The Hall–Kier alpha value is -0.920. The molecule has 22 heavy (non-hydrogen) atoms. The van der Waals surface area contributed by atoms with E-state index in [1.165, 1.54) is 0 Å². The molecule has 0 bridgehead atoms. The zero-order valence-electron chi connectivity index (χ0n) is 13.1. The van der Waals surface area contributed by atoms with E-state index in [4.69, 9.17) is 9.42 Å². The van der Waals surface area contributed by atoms with E-state index >= 15 is 0 Å². The van der Waals surface area contributed by atoms with E-state index in [1.54, 1.807) is 12.1 Å². The first-order valence-corrected chi connectivity index (χ1v) is 9.20. The first-order chi connectivity index (χ1) is 10.2. The van der Waals surface area contributed by atoms with Crippen LogP contribution in [0.3, 0.4) is 0 Å². The Balaban J connectivity index is 2.25. The summed E-state index contributed by atoms with van der Waals surface area (Å²) in [7, 11) is -0.846. The van der Waals surface area contributed by atoms with Gasteiger partial charge in [-0.1, -0.05) is 0 Å². The molecule has 0 radical (unpaired) electrons. The third-order valence-electron chi connectivity index (χ3n) is 3.35. The minimum absolute atomic E-state index is 0.0734. The largest absolute Gasteiger partial charge is 0.749 e. The van der Waals surface area contributed by atoms with Gasteiger partial charge in [0.05, 0.1) is 6.04 Å². The lowest BCUT2D eigenvalue weighted by molar-refractivity contribution is 0.403. The van der Waals surface area contributed by atoms with Crippen molar-refractivity contribution >= 4 is 25.4 Å². The molecule has 0 saturated heterocycles. The molecule has 1 aliphatic heterocycles.